The van der Waals surface area contributed by atoms with Crippen molar-refractivity contribution in [2.24, 2.45) is 11.8 Å². The molecule has 0 fully saturated rings. The number of rotatable bonds is 6. The van der Waals surface area contributed by atoms with Gasteiger partial charge in [0.05, 0.1) is 24.3 Å². The van der Waals surface area contributed by atoms with Gasteiger partial charge in [0.25, 0.3) is 0 Å². The van der Waals surface area contributed by atoms with E-state index in [1.807, 2.05) is 39.8 Å². The fourth-order valence-corrected chi connectivity index (χ4v) is 3.03. The third-order valence-corrected chi connectivity index (χ3v) is 4.33. The Balaban J connectivity index is 2.15. The average molecular weight is 386 g/mol. The first-order valence-corrected chi connectivity index (χ1v) is 9.49. The quantitative estimate of drug-likeness (QED) is 0.681. The summed E-state index contributed by atoms with van der Waals surface area (Å²) in [5.41, 5.74) is 1.10. The molecule has 0 aromatic heterocycles. The molecule has 150 valence electrons. The molecule has 2 aromatic rings. The topological polar surface area (TPSA) is 71.1 Å². The predicted molar refractivity (Wildman–Crippen MR) is 105 cm³/mol. The summed E-state index contributed by atoms with van der Waals surface area (Å²) in [6.45, 7) is 10.3. The van der Waals surface area contributed by atoms with Crippen molar-refractivity contribution in [3.63, 3.8) is 0 Å². The monoisotopic (exact) mass is 386 g/mol. The summed E-state index contributed by atoms with van der Waals surface area (Å²) in [4.78, 5) is 25.8. The van der Waals surface area contributed by atoms with Crippen LogP contribution in [0.5, 0.6) is 11.5 Å². The van der Waals surface area contributed by atoms with Gasteiger partial charge in [-0.05, 0) is 41.8 Å². The lowest BCUT2D eigenvalue weighted by atomic mass is 9.94. The second-order valence-electron chi connectivity index (χ2n) is 7.85. The van der Waals surface area contributed by atoms with Crippen molar-refractivity contribution in [3.8, 4) is 11.5 Å². The number of hydrogen-bond donors (Lipinski definition) is 0. The van der Waals surface area contributed by atoms with Crippen molar-refractivity contribution in [3.05, 3.63) is 34.9 Å². The Morgan fingerprint density at radius 1 is 0.893 bits per heavy atom. The van der Waals surface area contributed by atoms with Crippen molar-refractivity contribution in [2.45, 2.75) is 34.6 Å². The van der Waals surface area contributed by atoms with Crippen molar-refractivity contribution in [1.29, 1.82) is 0 Å². The summed E-state index contributed by atoms with van der Waals surface area (Å²) in [6.07, 6.45) is 0. The molecule has 0 bridgehead atoms. The standard InChI is InChI=1S/C22H26O6/c1-12(2)9-25-21(23)19-14(5)6-15-7-17-18(28-11-27-17)8-16(15)20(19)22(24)26-10-13(3)4/h6-8,12-13H,9-11H2,1-5H3. The number of aryl methyl sites for hydroxylation is 1. The molecule has 0 aliphatic carbocycles. The Kier molecular flexibility index (Phi) is 5.77. The highest BCUT2D eigenvalue weighted by Crippen LogP contribution is 2.39. The van der Waals surface area contributed by atoms with Gasteiger partial charge in [-0.3, -0.25) is 0 Å². The van der Waals surface area contributed by atoms with Crippen LogP contribution in [0.4, 0.5) is 0 Å². The lowest BCUT2D eigenvalue weighted by Gasteiger charge is -2.16. The fourth-order valence-electron chi connectivity index (χ4n) is 3.03. The zero-order chi connectivity index (χ0) is 20.4. The number of esters is 2. The van der Waals surface area contributed by atoms with E-state index in [1.54, 1.807) is 13.0 Å². The van der Waals surface area contributed by atoms with Gasteiger partial charge in [-0.2, -0.15) is 0 Å². The Labute approximate surface area is 164 Å². The Hall–Kier alpha value is -2.76. The number of carbonyl (C=O) groups excluding carboxylic acids is 2. The minimum atomic E-state index is -0.544. The number of benzene rings is 2. The number of fused-ring (bicyclic) bond motifs is 2. The van der Waals surface area contributed by atoms with Crippen molar-refractivity contribution in [2.75, 3.05) is 20.0 Å². The molecule has 0 radical (unpaired) electrons. The molecule has 6 nitrogen and oxygen atoms in total. The Morgan fingerprint density at radius 3 is 2.00 bits per heavy atom. The van der Waals surface area contributed by atoms with Gasteiger partial charge in [-0.15, -0.1) is 0 Å². The van der Waals surface area contributed by atoms with Crippen LogP contribution in [-0.4, -0.2) is 31.9 Å². The largest absolute Gasteiger partial charge is 0.462 e. The maximum atomic E-state index is 13.0. The van der Waals surface area contributed by atoms with Gasteiger partial charge in [0, 0.05) is 5.39 Å². The molecule has 0 unspecified atom stereocenters. The first-order chi connectivity index (χ1) is 13.3. The van der Waals surface area contributed by atoms with Crippen LogP contribution in [0.1, 0.15) is 54.0 Å². The van der Waals surface area contributed by atoms with Crippen LogP contribution < -0.4 is 9.47 Å². The third-order valence-electron chi connectivity index (χ3n) is 4.33. The third kappa shape index (κ3) is 4.06. The van der Waals surface area contributed by atoms with E-state index in [-0.39, 0.29) is 43.0 Å². The molecule has 28 heavy (non-hydrogen) atoms. The van der Waals surface area contributed by atoms with Gasteiger partial charge in [-0.1, -0.05) is 33.8 Å². The zero-order valence-electron chi connectivity index (χ0n) is 17.0. The van der Waals surface area contributed by atoms with Crippen LogP contribution in [-0.2, 0) is 9.47 Å². The summed E-state index contributed by atoms with van der Waals surface area (Å²) in [5, 5.41) is 1.36. The maximum absolute atomic E-state index is 13.0. The van der Waals surface area contributed by atoms with E-state index in [9.17, 15) is 9.59 Å². The molecular weight excluding hydrogens is 360 g/mol. The summed E-state index contributed by atoms with van der Waals surface area (Å²) in [7, 11) is 0. The summed E-state index contributed by atoms with van der Waals surface area (Å²) in [5.74, 6) is 0.450. The van der Waals surface area contributed by atoms with Crippen molar-refractivity contribution < 1.29 is 28.5 Å². The van der Waals surface area contributed by atoms with Gasteiger partial charge in [0.2, 0.25) is 6.79 Å². The molecule has 0 saturated carbocycles. The van der Waals surface area contributed by atoms with E-state index in [0.717, 1.165) is 5.39 Å². The molecule has 1 heterocycles. The highest BCUT2D eigenvalue weighted by atomic mass is 16.7. The van der Waals surface area contributed by atoms with Crippen LogP contribution >= 0.6 is 0 Å². The summed E-state index contributed by atoms with van der Waals surface area (Å²) < 4.78 is 21.8. The SMILES string of the molecule is Cc1cc2cc3c(cc2c(C(=O)OCC(C)C)c1C(=O)OCC(C)C)OCO3. The van der Waals surface area contributed by atoms with Gasteiger partial charge in [0.1, 0.15) is 0 Å². The molecule has 1 aliphatic rings. The van der Waals surface area contributed by atoms with Gasteiger partial charge < -0.3 is 18.9 Å². The van der Waals surface area contributed by atoms with E-state index in [1.165, 1.54) is 0 Å². The summed E-state index contributed by atoms with van der Waals surface area (Å²) >= 11 is 0. The van der Waals surface area contributed by atoms with Gasteiger partial charge in [-0.25, -0.2) is 9.59 Å². The van der Waals surface area contributed by atoms with E-state index in [2.05, 4.69) is 0 Å². The Bertz CT molecular complexity index is 913. The Morgan fingerprint density at radius 2 is 1.43 bits per heavy atom. The molecule has 2 aromatic carbocycles. The minimum absolute atomic E-state index is 0.126. The average Bonchev–Trinajstić information content (AvgIpc) is 3.08. The number of hydrogen-bond acceptors (Lipinski definition) is 6. The highest BCUT2D eigenvalue weighted by Gasteiger charge is 2.27. The normalized spacial score (nSPS) is 12.7. The van der Waals surface area contributed by atoms with Crippen LogP contribution in [0, 0.1) is 18.8 Å². The predicted octanol–water partition coefficient (Wildman–Crippen LogP) is 4.50. The van der Waals surface area contributed by atoms with Crippen LogP contribution in [0.15, 0.2) is 18.2 Å². The van der Waals surface area contributed by atoms with E-state index in [4.69, 9.17) is 18.9 Å². The summed E-state index contributed by atoms with van der Waals surface area (Å²) in [6, 6.07) is 5.39. The molecule has 0 atom stereocenters. The second kappa shape index (κ2) is 8.09. The molecule has 6 heteroatoms. The number of ether oxygens (including phenoxy) is 4. The molecular formula is C22H26O6. The smallest absolute Gasteiger partial charge is 0.339 e. The molecule has 0 saturated heterocycles. The fraction of sp³-hybridized carbons (Fsp3) is 0.455. The van der Waals surface area contributed by atoms with Gasteiger partial charge in [0.15, 0.2) is 11.5 Å². The van der Waals surface area contributed by atoms with Crippen molar-refractivity contribution >= 4 is 22.7 Å². The first kappa shape index (κ1) is 20.0. The minimum Gasteiger partial charge on any atom is -0.462 e. The van der Waals surface area contributed by atoms with Crippen LogP contribution in [0.2, 0.25) is 0 Å². The molecule has 1 aliphatic heterocycles. The second-order valence-corrected chi connectivity index (χ2v) is 7.85. The molecule has 0 spiro atoms. The number of carbonyl (C=O) groups is 2. The molecule has 0 N–H and O–H groups in total. The van der Waals surface area contributed by atoms with E-state index in [0.29, 0.717) is 22.4 Å². The van der Waals surface area contributed by atoms with Gasteiger partial charge >= 0.3 is 11.9 Å². The van der Waals surface area contributed by atoms with Crippen LogP contribution in [0.3, 0.4) is 0 Å². The maximum Gasteiger partial charge on any atom is 0.339 e. The zero-order valence-corrected chi connectivity index (χ0v) is 17.0. The highest BCUT2D eigenvalue weighted by molar-refractivity contribution is 6.14. The van der Waals surface area contributed by atoms with E-state index >= 15 is 0 Å². The lowest BCUT2D eigenvalue weighted by molar-refractivity contribution is 0.0413. The molecule has 0 amide bonds. The van der Waals surface area contributed by atoms with Crippen molar-refractivity contribution in [1.82, 2.24) is 0 Å². The van der Waals surface area contributed by atoms with E-state index < -0.39 is 11.9 Å². The first-order valence-electron chi connectivity index (χ1n) is 9.49. The van der Waals surface area contributed by atoms with Crippen LogP contribution in [0.25, 0.3) is 10.8 Å². The lowest BCUT2D eigenvalue weighted by Crippen LogP contribution is -2.19. The molecule has 3 rings (SSSR count).